The van der Waals surface area contributed by atoms with Gasteiger partial charge in [0.25, 0.3) is 0 Å². The lowest BCUT2D eigenvalue weighted by Crippen LogP contribution is -2.05. The number of carbonyl (C=O) groups excluding carboxylic acids is 1. The van der Waals surface area contributed by atoms with E-state index in [2.05, 4.69) is 20.7 Å². The first-order chi connectivity index (χ1) is 7.27. The fraction of sp³-hybridized carbons (Fsp3) is 0.300. The zero-order chi connectivity index (χ0) is 10.8. The number of hydrogen-bond acceptors (Lipinski definition) is 4. The maximum atomic E-state index is 11.5. The van der Waals surface area contributed by atoms with Crippen molar-refractivity contribution in [2.24, 2.45) is 0 Å². The molecule has 0 N–H and O–H groups in total. The van der Waals surface area contributed by atoms with E-state index in [1.54, 1.807) is 12.1 Å². The van der Waals surface area contributed by atoms with Crippen LogP contribution in [-0.2, 0) is 10.1 Å². The van der Waals surface area contributed by atoms with E-state index in [4.69, 9.17) is 9.47 Å². The molecule has 1 aromatic carbocycles. The molecule has 0 saturated carbocycles. The molecule has 1 aromatic rings. The van der Waals surface area contributed by atoms with Gasteiger partial charge in [0.2, 0.25) is 6.79 Å². The van der Waals surface area contributed by atoms with Gasteiger partial charge in [-0.15, -0.1) is 0 Å². The maximum Gasteiger partial charge on any atom is 0.338 e. The molecular formula is C10H9BrO4. The summed E-state index contributed by atoms with van der Waals surface area (Å²) in [6.07, 6.45) is 0. The Labute approximate surface area is 95.3 Å². The zero-order valence-corrected chi connectivity index (χ0v) is 9.67. The van der Waals surface area contributed by atoms with Crippen molar-refractivity contribution in [2.75, 3.05) is 13.9 Å². The van der Waals surface area contributed by atoms with Crippen LogP contribution >= 0.6 is 15.9 Å². The summed E-state index contributed by atoms with van der Waals surface area (Å²) in [6.45, 7) is 0.194. The summed E-state index contributed by atoms with van der Waals surface area (Å²) in [5.41, 5.74) is 1.26. The number of ether oxygens (including phenoxy) is 3. The van der Waals surface area contributed by atoms with Gasteiger partial charge in [0, 0.05) is 10.9 Å². The molecule has 1 aliphatic heterocycles. The smallest absolute Gasteiger partial charge is 0.338 e. The van der Waals surface area contributed by atoms with Gasteiger partial charge in [-0.05, 0) is 12.1 Å². The number of halogens is 1. The Bertz CT molecular complexity index is 403. The molecule has 0 aliphatic carbocycles. The lowest BCUT2D eigenvalue weighted by molar-refractivity contribution is 0.0599. The third kappa shape index (κ3) is 1.67. The second-order valence-electron chi connectivity index (χ2n) is 2.95. The van der Waals surface area contributed by atoms with Gasteiger partial charge in [-0.2, -0.15) is 0 Å². The van der Waals surface area contributed by atoms with E-state index >= 15 is 0 Å². The summed E-state index contributed by atoms with van der Waals surface area (Å²) >= 11 is 3.32. The highest BCUT2D eigenvalue weighted by atomic mass is 79.9. The summed E-state index contributed by atoms with van der Waals surface area (Å²) in [7, 11) is 1.35. The molecule has 0 aromatic heterocycles. The fourth-order valence-corrected chi connectivity index (χ4v) is 2.02. The average Bonchev–Trinajstić information content (AvgIpc) is 2.74. The van der Waals surface area contributed by atoms with E-state index < -0.39 is 0 Å². The Morgan fingerprint density at radius 2 is 2.33 bits per heavy atom. The topological polar surface area (TPSA) is 44.8 Å². The largest absolute Gasteiger partial charge is 0.465 e. The van der Waals surface area contributed by atoms with Crippen molar-refractivity contribution in [3.05, 3.63) is 23.3 Å². The van der Waals surface area contributed by atoms with Crippen molar-refractivity contribution in [3.63, 3.8) is 0 Å². The van der Waals surface area contributed by atoms with E-state index in [-0.39, 0.29) is 12.8 Å². The fourth-order valence-electron chi connectivity index (χ4n) is 1.46. The number of carbonyl (C=O) groups is 1. The summed E-state index contributed by atoms with van der Waals surface area (Å²) in [5, 5.41) is 0.518. The highest BCUT2D eigenvalue weighted by Gasteiger charge is 2.23. The number of alkyl halides is 1. The predicted octanol–water partition coefficient (Wildman–Crippen LogP) is 2.10. The Balaban J connectivity index is 2.52. The van der Waals surface area contributed by atoms with E-state index in [1.807, 2.05) is 0 Å². The minimum Gasteiger partial charge on any atom is -0.465 e. The molecule has 2 rings (SSSR count). The molecule has 4 nitrogen and oxygen atoms in total. The summed E-state index contributed by atoms with van der Waals surface area (Å²) in [4.78, 5) is 11.5. The van der Waals surface area contributed by atoms with Crippen LogP contribution in [0.3, 0.4) is 0 Å². The van der Waals surface area contributed by atoms with Gasteiger partial charge in [-0.1, -0.05) is 15.9 Å². The van der Waals surface area contributed by atoms with Gasteiger partial charge in [-0.3, -0.25) is 0 Å². The van der Waals surface area contributed by atoms with Crippen molar-refractivity contribution in [3.8, 4) is 11.5 Å². The Hall–Kier alpha value is -1.23. The molecule has 0 radical (unpaired) electrons. The SMILES string of the molecule is COC(=O)c1ccc2c(c1CBr)OCO2. The highest BCUT2D eigenvalue weighted by molar-refractivity contribution is 9.08. The van der Waals surface area contributed by atoms with E-state index in [0.717, 1.165) is 5.56 Å². The molecule has 0 unspecified atom stereocenters. The van der Waals surface area contributed by atoms with Gasteiger partial charge in [0.1, 0.15) is 0 Å². The third-order valence-corrected chi connectivity index (χ3v) is 2.74. The molecule has 0 fully saturated rings. The molecule has 0 spiro atoms. The van der Waals surface area contributed by atoms with E-state index in [1.165, 1.54) is 7.11 Å². The molecule has 0 bridgehead atoms. The lowest BCUT2D eigenvalue weighted by Gasteiger charge is -2.07. The number of benzene rings is 1. The first-order valence-corrected chi connectivity index (χ1v) is 5.46. The molecule has 0 amide bonds. The molecule has 1 heterocycles. The molecule has 15 heavy (non-hydrogen) atoms. The molecule has 5 heteroatoms. The lowest BCUT2D eigenvalue weighted by atomic mass is 10.1. The van der Waals surface area contributed by atoms with E-state index in [0.29, 0.717) is 22.4 Å². The van der Waals surface area contributed by atoms with Crippen LogP contribution in [0, 0.1) is 0 Å². The molecule has 1 aliphatic rings. The van der Waals surface area contributed by atoms with Crippen LogP contribution in [0.2, 0.25) is 0 Å². The average molecular weight is 273 g/mol. The van der Waals surface area contributed by atoms with E-state index in [9.17, 15) is 4.79 Å². The van der Waals surface area contributed by atoms with Crippen LogP contribution in [-0.4, -0.2) is 19.9 Å². The summed E-state index contributed by atoms with van der Waals surface area (Å²) in [5.74, 6) is 0.912. The number of fused-ring (bicyclic) bond motifs is 1. The molecular weight excluding hydrogens is 264 g/mol. The zero-order valence-electron chi connectivity index (χ0n) is 8.08. The van der Waals surface area contributed by atoms with Crippen molar-refractivity contribution >= 4 is 21.9 Å². The molecule has 0 saturated heterocycles. The number of rotatable bonds is 2. The second-order valence-corrected chi connectivity index (χ2v) is 3.51. The molecule has 0 atom stereocenters. The first-order valence-electron chi connectivity index (χ1n) is 4.33. The van der Waals surface area contributed by atoms with Gasteiger partial charge >= 0.3 is 5.97 Å². The van der Waals surface area contributed by atoms with Gasteiger partial charge in [0.05, 0.1) is 12.7 Å². The summed E-state index contributed by atoms with van der Waals surface area (Å²) < 4.78 is 15.2. The van der Waals surface area contributed by atoms with Crippen LogP contribution < -0.4 is 9.47 Å². The first kappa shape index (κ1) is 10.3. The summed E-state index contributed by atoms with van der Waals surface area (Å²) in [6, 6.07) is 3.39. The normalized spacial score (nSPS) is 12.7. The van der Waals surface area contributed by atoms with Crippen molar-refractivity contribution in [1.82, 2.24) is 0 Å². The van der Waals surface area contributed by atoms with Gasteiger partial charge in [-0.25, -0.2) is 4.79 Å². The Morgan fingerprint density at radius 3 is 3.00 bits per heavy atom. The minimum absolute atomic E-state index is 0.194. The quantitative estimate of drug-likeness (QED) is 0.611. The van der Waals surface area contributed by atoms with Crippen molar-refractivity contribution < 1.29 is 19.0 Å². The van der Waals surface area contributed by atoms with Crippen LogP contribution in [0.15, 0.2) is 12.1 Å². The van der Waals surface area contributed by atoms with Gasteiger partial charge in [0.15, 0.2) is 11.5 Å². The highest BCUT2D eigenvalue weighted by Crippen LogP contribution is 2.38. The van der Waals surface area contributed by atoms with Crippen LogP contribution in [0.5, 0.6) is 11.5 Å². The van der Waals surface area contributed by atoms with Gasteiger partial charge < -0.3 is 14.2 Å². The monoisotopic (exact) mass is 272 g/mol. The Morgan fingerprint density at radius 1 is 1.53 bits per heavy atom. The van der Waals surface area contributed by atoms with Crippen LogP contribution in [0.1, 0.15) is 15.9 Å². The minimum atomic E-state index is -0.372. The number of esters is 1. The third-order valence-electron chi connectivity index (χ3n) is 2.18. The standard InChI is InChI=1S/C10H9BrO4/c1-13-10(12)6-2-3-8-9(7(6)4-11)15-5-14-8/h2-3H,4-5H2,1H3. The predicted molar refractivity (Wildman–Crippen MR) is 56.5 cm³/mol. The molecule has 80 valence electrons. The van der Waals surface area contributed by atoms with Crippen molar-refractivity contribution in [1.29, 1.82) is 0 Å². The Kier molecular flexibility index (Phi) is 2.81. The maximum absolute atomic E-state index is 11.5. The van der Waals surface area contributed by atoms with Crippen molar-refractivity contribution in [2.45, 2.75) is 5.33 Å². The van der Waals surface area contributed by atoms with Crippen LogP contribution in [0.25, 0.3) is 0 Å². The van der Waals surface area contributed by atoms with Crippen LogP contribution in [0.4, 0.5) is 0 Å². The number of hydrogen-bond donors (Lipinski definition) is 0. The number of methoxy groups -OCH3 is 1. The second kappa shape index (κ2) is 4.10.